The Bertz CT molecular complexity index is 604. The van der Waals surface area contributed by atoms with E-state index in [1.54, 1.807) is 35.2 Å². The van der Waals surface area contributed by atoms with Crippen LogP contribution in [0.1, 0.15) is 19.8 Å². The van der Waals surface area contributed by atoms with Crippen molar-refractivity contribution in [1.29, 1.82) is 0 Å². The van der Waals surface area contributed by atoms with Crippen LogP contribution >= 0.6 is 11.8 Å². The zero-order chi connectivity index (χ0) is 16.2. The van der Waals surface area contributed by atoms with Gasteiger partial charge in [0.05, 0.1) is 10.1 Å². The Morgan fingerprint density at radius 3 is 2.68 bits per heavy atom. The van der Waals surface area contributed by atoms with Crippen LogP contribution in [0, 0.1) is 0 Å². The highest BCUT2D eigenvalue weighted by Crippen LogP contribution is 2.17. The van der Waals surface area contributed by atoms with Crippen molar-refractivity contribution in [2.75, 3.05) is 19.3 Å². The highest BCUT2D eigenvalue weighted by molar-refractivity contribution is 7.99. The number of likely N-dealkylation sites (tertiary alicyclic amines) is 1. The second kappa shape index (κ2) is 7.48. The van der Waals surface area contributed by atoms with Crippen molar-refractivity contribution in [3.63, 3.8) is 0 Å². The summed E-state index contributed by atoms with van der Waals surface area (Å²) in [5.74, 6) is 0.0797. The van der Waals surface area contributed by atoms with E-state index in [4.69, 9.17) is 0 Å². The van der Waals surface area contributed by atoms with Gasteiger partial charge in [0.2, 0.25) is 15.9 Å². The van der Waals surface area contributed by atoms with Crippen molar-refractivity contribution in [3.8, 4) is 0 Å². The number of amides is 1. The molecule has 0 unspecified atom stereocenters. The monoisotopic (exact) mass is 342 g/mol. The van der Waals surface area contributed by atoms with Crippen LogP contribution in [0.3, 0.4) is 0 Å². The van der Waals surface area contributed by atoms with Crippen LogP contribution in [0.2, 0.25) is 0 Å². The third-order valence-electron chi connectivity index (χ3n) is 3.81. The summed E-state index contributed by atoms with van der Waals surface area (Å²) in [4.78, 5) is 14.3. The first kappa shape index (κ1) is 17.3. The highest BCUT2D eigenvalue weighted by atomic mass is 32.2. The van der Waals surface area contributed by atoms with E-state index in [1.807, 2.05) is 13.2 Å². The minimum atomic E-state index is -3.53. The molecular weight excluding hydrogens is 320 g/mol. The topological polar surface area (TPSA) is 66.5 Å². The maximum atomic E-state index is 12.3. The van der Waals surface area contributed by atoms with E-state index < -0.39 is 10.0 Å². The predicted octanol–water partition coefficient (Wildman–Crippen LogP) is 1.71. The number of carbonyl (C=O) groups excluding carboxylic acids is 1. The molecule has 1 saturated heterocycles. The number of hydrogen-bond donors (Lipinski definition) is 1. The molecule has 0 saturated carbocycles. The van der Waals surface area contributed by atoms with Gasteiger partial charge in [-0.1, -0.05) is 18.2 Å². The molecule has 0 spiro atoms. The number of nitrogens with one attached hydrogen (secondary N) is 1. The van der Waals surface area contributed by atoms with Gasteiger partial charge in [-0.15, -0.1) is 0 Å². The lowest BCUT2D eigenvalue weighted by molar-refractivity contribution is -0.131. The summed E-state index contributed by atoms with van der Waals surface area (Å²) in [5.41, 5.74) is 0. The lowest BCUT2D eigenvalue weighted by Crippen LogP contribution is -2.51. The third-order valence-corrected chi connectivity index (χ3v) is 6.25. The first-order valence-electron chi connectivity index (χ1n) is 7.33. The van der Waals surface area contributed by atoms with Gasteiger partial charge in [-0.05, 0) is 38.2 Å². The molecule has 22 heavy (non-hydrogen) atoms. The summed E-state index contributed by atoms with van der Waals surface area (Å²) >= 11 is 1.51. The average molecular weight is 342 g/mol. The molecule has 0 aliphatic carbocycles. The molecule has 0 radical (unpaired) electrons. The van der Waals surface area contributed by atoms with E-state index in [2.05, 4.69) is 4.72 Å². The molecule has 1 fully saturated rings. The Morgan fingerprint density at radius 2 is 2.05 bits per heavy atom. The number of carbonyl (C=O) groups is 1. The lowest BCUT2D eigenvalue weighted by Gasteiger charge is -2.34. The predicted molar refractivity (Wildman–Crippen MR) is 89.3 cm³/mol. The average Bonchev–Trinajstić information content (AvgIpc) is 2.54. The number of sulfonamides is 1. The van der Waals surface area contributed by atoms with Gasteiger partial charge in [0.15, 0.2) is 0 Å². The van der Waals surface area contributed by atoms with Gasteiger partial charge in [-0.3, -0.25) is 4.79 Å². The van der Waals surface area contributed by atoms with Crippen molar-refractivity contribution >= 4 is 27.7 Å². The fraction of sp³-hybridized carbons (Fsp3) is 0.533. The Kier molecular flexibility index (Phi) is 5.88. The van der Waals surface area contributed by atoms with Gasteiger partial charge in [0.25, 0.3) is 0 Å². The quantitative estimate of drug-likeness (QED) is 0.885. The van der Waals surface area contributed by atoms with Crippen LogP contribution < -0.4 is 4.72 Å². The number of thioether (sulfide) groups is 1. The molecule has 2 rings (SSSR count). The number of piperidine rings is 1. The largest absolute Gasteiger partial charge is 0.340 e. The Morgan fingerprint density at radius 1 is 1.36 bits per heavy atom. The second-order valence-corrected chi connectivity index (χ2v) is 8.33. The van der Waals surface area contributed by atoms with Crippen molar-refractivity contribution in [3.05, 3.63) is 30.3 Å². The van der Waals surface area contributed by atoms with E-state index in [0.717, 1.165) is 12.8 Å². The van der Waals surface area contributed by atoms with E-state index >= 15 is 0 Å². The van der Waals surface area contributed by atoms with Crippen LogP contribution in [0.25, 0.3) is 0 Å². The van der Waals surface area contributed by atoms with Crippen LogP contribution in [0.5, 0.6) is 0 Å². The summed E-state index contributed by atoms with van der Waals surface area (Å²) in [6.07, 6.45) is 3.47. The van der Waals surface area contributed by atoms with Crippen molar-refractivity contribution in [1.82, 2.24) is 9.62 Å². The van der Waals surface area contributed by atoms with Gasteiger partial charge in [0, 0.05) is 19.1 Å². The molecule has 7 heteroatoms. The minimum absolute atomic E-state index is 0.0797. The zero-order valence-electron chi connectivity index (χ0n) is 12.9. The minimum Gasteiger partial charge on any atom is -0.340 e. The molecule has 122 valence electrons. The fourth-order valence-electron chi connectivity index (χ4n) is 2.52. The molecule has 1 N–H and O–H groups in total. The smallest absolute Gasteiger partial charge is 0.240 e. The lowest BCUT2D eigenvalue weighted by atomic mass is 10.1. The maximum Gasteiger partial charge on any atom is 0.240 e. The molecule has 1 aliphatic rings. The fourth-order valence-corrected chi connectivity index (χ4v) is 4.15. The highest BCUT2D eigenvalue weighted by Gasteiger charge is 2.29. The number of benzene rings is 1. The molecule has 1 aromatic rings. The summed E-state index contributed by atoms with van der Waals surface area (Å²) in [7, 11) is -3.53. The molecule has 1 aromatic carbocycles. The molecule has 1 heterocycles. The van der Waals surface area contributed by atoms with Gasteiger partial charge >= 0.3 is 0 Å². The molecule has 1 amide bonds. The molecule has 5 nitrogen and oxygen atoms in total. The van der Waals surface area contributed by atoms with Crippen molar-refractivity contribution in [2.24, 2.45) is 0 Å². The Hall–Kier alpha value is -1.05. The second-order valence-electron chi connectivity index (χ2n) is 5.44. The third kappa shape index (κ3) is 4.24. The maximum absolute atomic E-state index is 12.3. The number of rotatable bonds is 5. The summed E-state index contributed by atoms with van der Waals surface area (Å²) in [6.45, 7) is 3.02. The first-order chi connectivity index (χ1) is 10.4. The summed E-state index contributed by atoms with van der Waals surface area (Å²) in [5, 5.41) is -0.0931. The molecule has 0 aromatic heterocycles. The van der Waals surface area contributed by atoms with E-state index in [1.165, 1.54) is 11.8 Å². The first-order valence-corrected chi connectivity index (χ1v) is 10.1. The van der Waals surface area contributed by atoms with Gasteiger partial charge in [-0.25, -0.2) is 13.1 Å². The van der Waals surface area contributed by atoms with Crippen molar-refractivity contribution < 1.29 is 13.2 Å². The van der Waals surface area contributed by atoms with Crippen molar-refractivity contribution in [2.45, 2.75) is 36.0 Å². The van der Waals surface area contributed by atoms with E-state index in [9.17, 15) is 13.2 Å². The molecule has 2 atom stereocenters. The van der Waals surface area contributed by atoms with Gasteiger partial charge in [0.1, 0.15) is 0 Å². The van der Waals surface area contributed by atoms with Crippen LogP contribution in [-0.2, 0) is 14.8 Å². The summed E-state index contributed by atoms with van der Waals surface area (Å²) in [6, 6.07) is 8.10. The zero-order valence-corrected chi connectivity index (χ0v) is 14.5. The number of nitrogens with zero attached hydrogens (tertiary/aromatic N) is 1. The van der Waals surface area contributed by atoms with Gasteiger partial charge < -0.3 is 4.90 Å². The van der Waals surface area contributed by atoms with Crippen LogP contribution in [0.15, 0.2) is 35.2 Å². The molecular formula is C15H22N2O3S2. The van der Waals surface area contributed by atoms with Crippen LogP contribution in [0.4, 0.5) is 0 Å². The number of hydrogen-bond acceptors (Lipinski definition) is 4. The SMILES string of the molecule is CS[C@H](C)C(=O)N1CCC[C@@H](NS(=O)(=O)c2ccccc2)C1. The Labute approximate surface area is 136 Å². The molecule has 1 aliphatic heterocycles. The summed E-state index contributed by atoms with van der Waals surface area (Å²) < 4.78 is 27.4. The van der Waals surface area contributed by atoms with E-state index in [0.29, 0.717) is 13.1 Å². The Balaban J connectivity index is 2.03. The van der Waals surface area contributed by atoms with Crippen LogP contribution in [-0.4, -0.2) is 49.9 Å². The van der Waals surface area contributed by atoms with Gasteiger partial charge in [-0.2, -0.15) is 11.8 Å². The van der Waals surface area contributed by atoms with E-state index in [-0.39, 0.29) is 22.1 Å². The standard InChI is InChI=1S/C15H22N2O3S2/c1-12(21-2)15(18)17-10-6-7-13(11-17)16-22(19,20)14-8-4-3-5-9-14/h3-5,8-9,12-13,16H,6-7,10-11H2,1-2H3/t12-,13-/m1/s1. The normalized spacial score (nSPS) is 20.6. The molecule has 0 bridgehead atoms.